The van der Waals surface area contributed by atoms with Crippen molar-refractivity contribution in [2.75, 3.05) is 20.2 Å². The summed E-state index contributed by atoms with van der Waals surface area (Å²) in [4.78, 5) is 4.31. The van der Waals surface area contributed by atoms with Crippen molar-refractivity contribution < 1.29 is 4.74 Å². The largest absolute Gasteiger partial charge is 0.373 e. The number of nitrogens with zero attached hydrogens (tertiary/aromatic N) is 1. The van der Waals surface area contributed by atoms with Crippen LogP contribution in [0.1, 0.15) is 44.8 Å². The molecular formula is C18H30IN3O. The van der Waals surface area contributed by atoms with Gasteiger partial charge in [0.05, 0.1) is 6.10 Å². The van der Waals surface area contributed by atoms with Gasteiger partial charge in [-0.05, 0) is 31.7 Å². The summed E-state index contributed by atoms with van der Waals surface area (Å²) in [5.41, 5.74) is 1.28. The summed E-state index contributed by atoms with van der Waals surface area (Å²) < 4.78 is 6.04. The molecule has 3 atom stereocenters. The summed E-state index contributed by atoms with van der Waals surface area (Å²) in [6.45, 7) is 6.08. The number of ether oxygens (including phenoxy) is 1. The molecule has 1 aromatic rings. The molecule has 4 nitrogen and oxygen atoms in total. The molecule has 3 unspecified atom stereocenters. The van der Waals surface area contributed by atoms with E-state index in [0.29, 0.717) is 12.0 Å². The molecule has 0 aliphatic carbocycles. The summed E-state index contributed by atoms with van der Waals surface area (Å²) in [6, 6.07) is 11.0. The number of rotatable bonds is 5. The summed E-state index contributed by atoms with van der Waals surface area (Å²) in [5.74, 6) is 1.36. The van der Waals surface area contributed by atoms with Gasteiger partial charge in [0, 0.05) is 32.2 Å². The van der Waals surface area contributed by atoms with Gasteiger partial charge in [0.25, 0.3) is 0 Å². The van der Waals surface area contributed by atoms with E-state index in [-0.39, 0.29) is 30.1 Å². The first-order chi connectivity index (χ1) is 10.7. The minimum Gasteiger partial charge on any atom is -0.373 e. The molecule has 0 spiro atoms. The monoisotopic (exact) mass is 431 g/mol. The maximum atomic E-state index is 6.04. The van der Waals surface area contributed by atoms with Gasteiger partial charge in [0.15, 0.2) is 5.96 Å². The molecule has 1 fully saturated rings. The summed E-state index contributed by atoms with van der Waals surface area (Å²) in [7, 11) is 1.82. The van der Waals surface area contributed by atoms with Gasteiger partial charge in [0.1, 0.15) is 0 Å². The highest BCUT2D eigenvalue weighted by Gasteiger charge is 2.27. The molecule has 130 valence electrons. The minimum absolute atomic E-state index is 0. The highest BCUT2D eigenvalue weighted by atomic mass is 127. The van der Waals surface area contributed by atoms with Gasteiger partial charge < -0.3 is 15.4 Å². The van der Waals surface area contributed by atoms with E-state index in [2.05, 4.69) is 59.8 Å². The molecule has 1 aromatic carbocycles. The molecule has 0 aromatic heterocycles. The Labute approximate surface area is 157 Å². The Balaban J connectivity index is 0.00000264. The second-order valence-electron chi connectivity index (χ2n) is 6.01. The highest BCUT2D eigenvalue weighted by molar-refractivity contribution is 14.0. The van der Waals surface area contributed by atoms with Gasteiger partial charge >= 0.3 is 0 Å². The van der Waals surface area contributed by atoms with Crippen LogP contribution in [-0.2, 0) is 4.74 Å². The van der Waals surface area contributed by atoms with Crippen molar-refractivity contribution in [3.8, 4) is 0 Å². The molecule has 0 saturated carbocycles. The first-order valence-corrected chi connectivity index (χ1v) is 8.38. The molecule has 1 saturated heterocycles. The van der Waals surface area contributed by atoms with Gasteiger partial charge in [-0.3, -0.25) is 4.99 Å². The topological polar surface area (TPSA) is 45.7 Å². The Morgan fingerprint density at radius 2 is 2.09 bits per heavy atom. The fourth-order valence-electron chi connectivity index (χ4n) is 2.82. The third-order valence-electron chi connectivity index (χ3n) is 4.32. The SMILES string of the molecule is CCC(C)NC(=NC)NCC1CCCOC1c1ccccc1.I. The second kappa shape index (κ2) is 10.9. The zero-order valence-electron chi connectivity index (χ0n) is 14.4. The molecule has 1 aliphatic rings. The van der Waals surface area contributed by atoms with E-state index in [1.54, 1.807) is 0 Å². The van der Waals surface area contributed by atoms with Gasteiger partial charge in [-0.2, -0.15) is 0 Å². The van der Waals surface area contributed by atoms with Crippen LogP contribution in [0.15, 0.2) is 35.3 Å². The third-order valence-corrected chi connectivity index (χ3v) is 4.32. The maximum Gasteiger partial charge on any atom is 0.191 e. The predicted octanol–water partition coefficient (Wildman–Crippen LogP) is 3.74. The molecule has 0 radical (unpaired) electrons. The third kappa shape index (κ3) is 6.30. The van der Waals surface area contributed by atoms with E-state index in [4.69, 9.17) is 4.74 Å². The highest BCUT2D eigenvalue weighted by Crippen LogP contribution is 2.32. The molecule has 5 heteroatoms. The van der Waals surface area contributed by atoms with Gasteiger partial charge in [0.2, 0.25) is 0 Å². The van der Waals surface area contributed by atoms with Crippen molar-refractivity contribution >= 4 is 29.9 Å². The zero-order chi connectivity index (χ0) is 15.8. The number of nitrogens with one attached hydrogen (secondary N) is 2. The lowest BCUT2D eigenvalue weighted by Gasteiger charge is -2.32. The van der Waals surface area contributed by atoms with Gasteiger partial charge in [-0.25, -0.2) is 0 Å². The van der Waals surface area contributed by atoms with Crippen LogP contribution < -0.4 is 10.6 Å². The number of benzene rings is 1. The Bertz CT molecular complexity index is 467. The van der Waals surface area contributed by atoms with Crippen LogP contribution in [0, 0.1) is 5.92 Å². The van der Waals surface area contributed by atoms with Crippen LogP contribution in [0.3, 0.4) is 0 Å². The molecule has 0 bridgehead atoms. The fraction of sp³-hybridized carbons (Fsp3) is 0.611. The number of halogens is 1. The standard InChI is InChI=1S/C18H29N3O.HI/c1-4-14(2)21-18(19-3)20-13-16-11-8-12-22-17(16)15-9-6-5-7-10-15;/h5-7,9-10,14,16-17H,4,8,11-13H2,1-3H3,(H2,19,20,21);1H. The van der Waals surface area contributed by atoms with Crippen molar-refractivity contribution in [1.82, 2.24) is 10.6 Å². The molecule has 2 N–H and O–H groups in total. The van der Waals surface area contributed by atoms with E-state index < -0.39 is 0 Å². The smallest absolute Gasteiger partial charge is 0.191 e. The molecule has 1 aliphatic heterocycles. The molecule has 0 amide bonds. The molecule has 2 rings (SSSR count). The average molecular weight is 431 g/mol. The minimum atomic E-state index is 0. The Morgan fingerprint density at radius 1 is 1.35 bits per heavy atom. The predicted molar refractivity (Wildman–Crippen MR) is 108 cm³/mol. The lowest BCUT2D eigenvalue weighted by molar-refractivity contribution is -0.0265. The van der Waals surface area contributed by atoms with Crippen LogP contribution in [0.2, 0.25) is 0 Å². The van der Waals surface area contributed by atoms with Crippen LogP contribution in [0.25, 0.3) is 0 Å². The van der Waals surface area contributed by atoms with E-state index in [1.165, 1.54) is 12.0 Å². The molecule has 1 heterocycles. The van der Waals surface area contributed by atoms with Crippen molar-refractivity contribution in [3.63, 3.8) is 0 Å². The normalized spacial score (nSPS) is 22.8. The van der Waals surface area contributed by atoms with Gasteiger partial charge in [-0.1, -0.05) is 37.3 Å². The fourth-order valence-corrected chi connectivity index (χ4v) is 2.82. The lowest BCUT2D eigenvalue weighted by Crippen LogP contribution is -2.45. The number of hydrogen-bond donors (Lipinski definition) is 2. The maximum absolute atomic E-state index is 6.04. The first kappa shape index (κ1) is 20.2. The lowest BCUT2D eigenvalue weighted by atomic mass is 9.89. The first-order valence-electron chi connectivity index (χ1n) is 8.38. The van der Waals surface area contributed by atoms with E-state index in [9.17, 15) is 0 Å². The van der Waals surface area contributed by atoms with Crippen molar-refractivity contribution in [2.45, 2.75) is 45.3 Å². The Hall–Kier alpha value is -0.820. The van der Waals surface area contributed by atoms with Crippen LogP contribution in [0.4, 0.5) is 0 Å². The van der Waals surface area contributed by atoms with Crippen LogP contribution >= 0.6 is 24.0 Å². The molecular weight excluding hydrogens is 401 g/mol. The summed E-state index contributed by atoms with van der Waals surface area (Å²) in [6.07, 6.45) is 3.59. The Morgan fingerprint density at radius 3 is 2.74 bits per heavy atom. The van der Waals surface area contributed by atoms with Crippen LogP contribution in [0.5, 0.6) is 0 Å². The van der Waals surface area contributed by atoms with Crippen molar-refractivity contribution in [1.29, 1.82) is 0 Å². The number of hydrogen-bond acceptors (Lipinski definition) is 2. The second-order valence-corrected chi connectivity index (χ2v) is 6.01. The van der Waals surface area contributed by atoms with Crippen LogP contribution in [-0.4, -0.2) is 32.2 Å². The summed E-state index contributed by atoms with van der Waals surface area (Å²) >= 11 is 0. The van der Waals surface area contributed by atoms with E-state index >= 15 is 0 Å². The molecule has 23 heavy (non-hydrogen) atoms. The van der Waals surface area contributed by atoms with Crippen molar-refractivity contribution in [2.24, 2.45) is 10.9 Å². The Kier molecular flexibility index (Phi) is 9.55. The van der Waals surface area contributed by atoms with E-state index in [1.807, 2.05) is 7.05 Å². The van der Waals surface area contributed by atoms with Crippen molar-refractivity contribution in [3.05, 3.63) is 35.9 Å². The average Bonchev–Trinajstić information content (AvgIpc) is 2.59. The quantitative estimate of drug-likeness (QED) is 0.424. The number of aliphatic imine (C=N–C) groups is 1. The number of guanidine groups is 1. The zero-order valence-corrected chi connectivity index (χ0v) is 16.7. The van der Waals surface area contributed by atoms with Gasteiger partial charge in [-0.15, -0.1) is 24.0 Å². The van der Waals surface area contributed by atoms with E-state index in [0.717, 1.165) is 32.0 Å². The summed E-state index contributed by atoms with van der Waals surface area (Å²) in [5, 5.41) is 6.87.